The Morgan fingerprint density at radius 1 is 1.11 bits per heavy atom. The van der Waals surface area contributed by atoms with Crippen LogP contribution in [0.3, 0.4) is 0 Å². The van der Waals surface area contributed by atoms with E-state index in [-0.39, 0.29) is 0 Å². The fourth-order valence-corrected chi connectivity index (χ4v) is 4.77. The van der Waals surface area contributed by atoms with Crippen molar-refractivity contribution in [1.82, 2.24) is 10.3 Å². The minimum absolute atomic E-state index is 0.646. The summed E-state index contributed by atoms with van der Waals surface area (Å²) < 4.78 is 0. The molecule has 0 aromatic heterocycles. The molecule has 5 nitrogen and oxygen atoms in total. The Balaban J connectivity index is 0.00000167. The van der Waals surface area contributed by atoms with Crippen molar-refractivity contribution in [3.63, 3.8) is 0 Å². The smallest absolute Gasteiger partial charge is 0.0930 e. The van der Waals surface area contributed by atoms with E-state index < -0.39 is 5.60 Å². The van der Waals surface area contributed by atoms with Crippen LogP contribution in [-0.4, -0.2) is 35.9 Å². The van der Waals surface area contributed by atoms with Gasteiger partial charge in [-0.3, -0.25) is 0 Å². The Bertz CT molecular complexity index is 1040. The fourth-order valence-electron chi connectivity index (χ4n) is 4.64. The van der Waals surface area contributed by atoms with Crippen molar-refractivity contribution in [3.8, 4) is 0 Å². The second kappa shape index (κ2) is 12.8. The number of nitrogens with one attached hydrogen (secondary N) is 1. The molecule has 35 heavy (non-hydrogen) atoms. The van der Waals surface area contributed by atoms with E-state index in [2.05, 4.69) is 34.1 Å². The van der Waals surface area contributed by atoms with E-state index in [4.69, 9.17) is 17.3 Å². The van der Waals surface area contributed by atoms with Crippen LogP contribution in [0.25, 0.3) is 11.3 Å². The van der Waals surface area contributed by atoms with Crippen LogP contribution in [0.15, 0.2) is 60.2 Å². The summed E-state index contributed by atoms with van der Waals surface area (Å²) in [4.78, 5) is 2.26. The SMILES string of the molecule is C=C(c1ccc(N)c(/C2=C/CN/N=C\CCCC2)c1)N1CCC(O)(c2ccc(Cl)cc2)CC1.CC. The second-order valence-electron chi connectivity index (χ2n) is 8.92. The van der Waals surface area contributed by atoms with Gasteiger partial charge in [0.1, 0.15) is 0 Å². The molecule has 6 heteroatoms. The predicted molar refractivity (Wildman–Crippen MR) is 150 cm³/mol. The number of nitrogens with zero attached hydrogens (tertiary/aromatic N) is 2. The number of rotatable bonds is 4. The van der Waals surface area contributed by atoms with Crippen LogP contribution in [0.2, 0.25) is 5.02 Å². The Kier molecular flexibility index (Phi) is 9.82. The van der Waals surface area contributed by atoms with Gasteiger partial charge >= 0.3 is 0 Å². The molecular weight excluding hydrogens is 456 g/mol. The standard InChI is InChI=1S/C27H33ClN4O.C2H6/c1-20(32-17-13-27(33,14-18-32)23-7-9-24(28)10-8-23)22-6-11-26(29)25(19-22)21-5-3-2-4-15-30-31-16-12-21;1-2/h6-12,15,19,31,33H,1-5,13-14,16-18,29H2;1-2H3/b21-12+,30-15-;. The highest BCUT2D eigenvalue weighted by atomic mass is 35.5. The first-order valence-corrected chi connectivity index (χ1v) is 13.1. The molecule has 2 aromatic rings. The molecule has 0 radical (unpaired) electrons. The van der Waals surface area contributed by atoms with Gasteiger partial charge in [0.25, 0.3) is 0 Å². The highest BCUT2D eigenvalue weighted by molar-refractivity contribution is 6.30. The molecule has 4 rings (SSSR count). The van der Waals surface area contributed by atoms with Crippen LogP contribution in [-0.2, 0) is 5.60 Å². The average Bonchev–Trinajstić information content (AvgIpc) is 2.89. The Morgan fingerprint density at radius 2 is 1.83 bits per heavy atom. The van der Waals surface area contributed by atoms with E-state index in [0.717, 1.165) is 66.8 Å². The van der Waals surface area contributed by atoms with Crippen molar-refractivity contribution in [3.05, 3.63) is 76.8 Å². The molecule has 0 spiro atoms. The van der Waals surface area contributed by atoms with Crippen molar-refractivity contribution in [2.75, 3.05) is 25.4 Å². The molecule has 2 aromatic carbocycles. The molecule has 4 N–H and O–H groups in total. The Morgan fingerprint density at radius 3 is 2.54 bits per heavy atom. The van der Waals surface area contributed by atoms with Crippen molar-refractivity contribution >= 4 is 34.8 Å². The molecule has 2 heterocycles. The molecular formula is C29H39ClN4O. The number of aliphatic hydroxyl groups is 1. The van der Waals surface area contributed by atoms with E-state index in [1.807, 2.05) is 56.5 Å². The first-order chi connectivity index (χ1) is 17.0. The summed E-state index contributed by atoms with van der Waals surface area (Å²) in [5, 5.41) is 16.1. The van der Waals surface area contributed by atoms with E-state index >= 15 is 0 Å². The van der Waals surface area contributed by atoms with Crippen LogP contribution in [0.5, 0.6) is 0 Å². The van der Waals surface area contributed by atoms with Gasteiger partial charge in [0.05, 0.1) is 12.1 Å². The molecule has 1 fully saturated rings. The highest BCUT2D eigenvalue weighted by Gasteiger charge is 2.34. The number of nitrogens with two attached hydrogens (primary N) is 1. The zero-order valence-corrected chi connectivity index (χ0v) is 21.8. The lowest BCUT2D eigenvalue weighted by Crippen LogP contribution is -2.41. The number of hydrogen-bond acceptors (Lipinski definition) is 5. The minimum atomic E-state index is -0.829. The van der Waals surface area contributed by atoms with Gasteiger partial charge < -0.3 is 21.2 Å². The molecule has 0 saturated carbocycles. The maximum Gasteiger partial charge on any atom is 0.0930 e. The summed E-state index contributed by atoms with van der Waals surface area (Å²) in [6.45, 7) is 10.6. The van der Waals surface area contributed by atoms with Gasteiger partial charge in [-0.1, -0.05) is 56.3 Å². The van der Waals surface area contributed by atoms with Gasteiger partial charge in [0, 0.05) is 41.3 Å². The van der Waals surface area contributed by atoms with Crippen molar-refractivity contribution < 1.29 is 5.11 Å². The van der Waals surface area contributed by atoms with Gasteiger partial charge in [0.15, 0.2) is 0 Å². The third kappa shape index (κ3) is 6.89. The lowest BCUT2D eigenvalue weighted by Gasteiger charge is -2.40. The van der Waals surface area contributed by atoms with Crippen LogP contribution in [0.1, 0.15) is 69.1 Å². The molecule has 0 bridgehead atoms. The van der Waals surface area contributed by atoms with E-state index in [1.165, 1.54) is 5.57 Å². The number of benzene rings is 2. The number of allylic oxidation sites excluding steroid dienone is 1. The summed E-state index contributed by atoms with van der Waals surface area (Å²) in [6.07, 6.45) is 9.63. The second-order valence-corrected chi connectivity index (χ2v) is 9.36. The first kappa shape index (κ1) is 26.8. The maximum absolute atomic E-state index is 11.2. The minimum Gasteiger partial charge on any atom is -0.398 e. The molecule has 2 aliphatic heterocycles. The molecule has 2 aliphatic rings. The van der Waals surface area contributed by atoms with Gasteiger partial charge in [-0.2, -0.15) is 5.10 Å². The summed E-state index contributed by atoms with van der Waals surface area (Å²) >= 11 is 6.02. The zero-order valence-electron chi connectivity index (χ0n) is 21.1. The van der Waals surface area contributed by atoms with Crippen LogP contribution < -0.4 is 11.2 Å². The van der Waals surface area contributed by atoms with Crippen LogP contribution in [0, 0.1) is 0 Å². The summed E-state index contributed by atoms with van der Waals surface area (Å²) in [5.41, 5.74) is 14.7. The van der Waals surface area contributed by atoms with Gasteiger partial charge in [-0.05, 0) is 79.5 Å². The Hall–Kier alpha value is -2.76. The van der Waals surface area contributed by atoms with Crippen LogP contribution >= 0.6 is 11.6 Å². The molecule has 0 atom stereocenters. The summed E-state index contributed by atoms with van der Waals surface area (Å²) in [6, 6.07) is 13.7. The lowest BCUT2D eigenvalue weighted by molar-refractivity contribution is -0.0139. The van der Waals surface area contributed by atoms with Gasteiger partial charge in [-0.15, -0.1) is 0 Å². The van der Waals surface area contributed by atoms with Crippen molar-refractivity contribution in [2.24, 2.45) is 5.10 Å². The average molecular weight is 495 g/mol. The van der Waals surface area contributed by atoms with E-state index in [1.54, 1.807) is 0 Å². The third-order valence-electron chi connectivity index (χ3n) is 6.74. The molecule has 188 valence electrons. The monoisotopic (exact) mass is 494 g/mol. The quantitative estimate of drug-likeness (QED) is 0.428. The third-order valence-corrected chi connectivity index (χ3v) is 6.99. The predicted octanol–water partition coefficient (Wildman–Crippen LogP) is 6.44. The normalized spacial score (nSPS) is 20.3. The van der Waals surface area contributed by atoms with Gasteiger partial charge in [0.2, 0.25) is 0 Å². The number of likely N-dealkylation sites (tertiary alicyclic amines) is 1. The number of halogens is 1. The molecule has 0 unspecified atom stereocenters. The molecule has 0 amide bonds. The van der Waals surface area contributed by atoms with Crippen molar-refractivity contribution in [1.29, 1.82) is 0 Å². The number of anilines is 1. The first-order valence-electron chi connectivity index (χ1n) is 12.7. The van der Waals surface area contributed by atoms with Crippen LogP contribution in [0.4, 0.5) is 5.69 Å². The number of hydrazone groups is 1. The zero-order chi connectivity index (χ0) is 25.3. The molecule has 0 aliphatic carbocycles. The topological polar surface area (TPSA) is 73.9 Å². The maximum atomic E-state index is 11.2. The summed E-state index contributed by atoms with van der Waals surface area (Å²) in [7, 11) is 0. The number of piperidine rings is 1. The molecule has 1 saturated heterocycles. The number of hydrogen-bond donors (Lipinski definition) is 3. The summed E-state index contributed by atoms with van der Waals surface area (Å²) in [5.74, 6) is 0. The number of nitrogen functional groups attached to an aromatic ring is 1. The van der Waals surface area contributed by atoms with Gasteiger partial charge in [-0.25, -0.2) is 0 Å². The van der Waals surface area contributed by atoms with E-state index in [9.17, 15) is 5.11 Å². The lowest BCUT2D eigenvalue weighted by atomic mass is 9.84. The fraction of sp³-hybridized carbons (Fsp3) is 0.414. The largest absolute Gasteiger partial charge is 0.398 e. The van der Waals surface area contributed by atoms with E-state index in [0.29, 0.717) is 24.4 Å². The van der Waals surface area contributed by atoms with Crippen molar-refractivity contribution in [2.45, 2.75) is 58.0 Å². The Labute approximate surface area is 215 Å². The highest BCUT2D eigenvalue weighted by Crippen LogP contribution is 2.36.